The average Bonchev–Trinajstić information content (AvgIpc) is 2.86. The van der Waals surface area contributed by atoms with E-state index in [2.05, 4.69) is 25.3 Å². The Morgan fingerprint density at radius 3 is 3.12 bits per heavy atom. The highest BCUT2D eigenvalue weighted by atomic mass is 16.5. The number of nitrogens with one attached hydrogen (secondary N) is 1. The van der Waals surface area contributed by atoms with Crippen molar-refractivity contribution in [1.29, 1.82) is 0 Å². The van der Waals surface area contributed by atoms with Crippen LogP contribution in [0.15, 0.2) is 10.9 Å². The zero-order chi connectivity index (χ0) is 11.4. The molecule has 0 saturated carbocycles. The van der Waals surface area contributed by atoms with E-state index in [9.17, 15) is 4.79 Å². The fourth-order valence-corrected chi connectivity index (χ4v) is 1.27. The van der Waals surface area contributed by atoms with Crippen molar-refractivity contribution in [3.05, 3.63) is 12.2 Å². The highest BCUT2D eigenvalue weighted by Gasteiger charge is 2.13. The molecule has 2 rings (SSSR count). The van der Waals surface area contributed by atoms with Crippen molar-refractivity contribution in [2.24, 2.45) is 0 Å². The number of carbonyl (C=O) groups is 1. The first-order chi connectivity index (χ1) is 7.79. The van der Waals surface area contributed by atoms with E-state index in [4.69, 9.17) is 4.52 Å². The van der Waals surface area contributed by atoms with E-state index in [-0.39, 0.29) is 12.2 Å². The lowest BCUT2D eigenvalue weighted by Gasteiger charge is -1.91. The van der Waals surface area contributed by atoms with E-state index in [1.807, 2.05) is 6.92 Å². The van der Waals surface area contributed by atoms with Crippen molar-refractivity contribution in [3.63, 3.8) is 0 Å². The number of rotatable bonds is 5. The Balaban J connectivity index is 2.06. The molecule has 0 spiro atoms. The summed E-state index contributed by atoms with van der Waals surface area (Å²) in [6, 6.07) is 0. The Labute approximate surface area is 91.3 Å². The van der Waals surface area contributed by atoms with Crippen molar-refractivity contribution in [1.82, 2.24) is 25.3 Å². The van der Waals surface area contributed by atoms with E-state index < -0.39 is 0 Å². The quantitative estimate of drug-likeness (QED) is 0.800. The Kier molecular flexibility index (Phi) is 3.04. The summed E-state index contributed by atoms with van der Waals surface area (Å²) in [5, 5.41) is 9.99. The van der Waals surface area contributed by atoms with Crippen molar-refractivity contribution in [2.75, 3.05) is 0 Å². The summed E-state index contributed by atoms with van der Waals surface area (Å²) in [6.45, 7) is 1.95. The molecule has 7 nitrogen and oxygen atoms in total. The molecule has 0 aromatic carbocycles. The maximum Gasteiger partial charge on any atom is 0.239 e. The number of aromatic amines is 1. The van der Waals surface area contributed by atoms with Crippen molar-refractivity contribution in [2.45, 2.75) is 26.2 Å². The van der Waals surface area contributed by atoms with Crippen LogP contribution in [-0.4, -0.2) is 31.1 Å². The summed E-state index contributed by atoms with van der Waals surface area (Å²) >= 11 is 0. The SMILES string of the molecule is CCCC(=O)Cc1nc(-c2ncn[nH]2)no1. The number of ketones is 1. The van der Waals surface area contributed by atoms with E-state index in [0.29, 0.717) is 24.0 Å². The second kappa shape index (κ2) is 4.65. The van der Waals surface area contributed by atoms with Gasteiger partial charge in [-0.05, 0) is 6.42 Å². The van der Waals surface area contributed by atoms with Gasteiger partial charge in [0.1, 0.15) is 12.1 Å². The Bertz CT molecular complexity index is 462. The molecule has 0 bridgehead atoms. The molecular formula is C9H11N5O2. The maximum absolute atomic E-state index is 11.3. The number of hydrogen-bond donors (Lipinski definition) is 1. The largest absolute Gasteiger partial charge is 0.338 e. The number of carbonyl (C=O) groups excluding carboxylic acids is 1. The van der Waals surface area contributed by atoms with Gasteiger partial charge in [-0.1, -0.05) is 12.1 Å². The van der Waals surface area contributed by atoms with Crippen LogP contribution in [0.2, 0.25) is 0 Å². The second-order valence-electron chi connectivity index (χ2n) is 3.31. The maximum atomic E-state index is 11.3. The van der Waals surface area contributed by atoms with Crippen LogP contribution in [0.5, 0.6) is 0 Å². The van der Waals surface area contributed by atoms with Crippen LogP contribution < -0.4 is 0 Å². The van der Waals surface area contributed by atoms with Gasteiger partial charge in [0.25, 0.3) is 0 Å². The number of aromatic nitrogens is 5. The standard InChI is InChI=1S/C9H11N5O2/c1-2-3-6(15)4-7-12-9(14-16-7)8-10-5-11-13-8/h5H,2-4H2,1H3,(H,10,11,13). The van der Waals surface area contributed by atoms with Gasteiger partial charge in [-0.15, -0.1) is 0 Å². The molecule has 2 heterocycles. The summed E-state index contributed by atoms with van der Waals surface area (Å²) < 4.78 is 4.94. The fourth-order valence-electron chi connectivity index (χ4n) is 1.27. The summed E-state index contributed by atoms with van der Waals surface area (Å²) in [5.74, 6) is 1.15. The van der Waals surface area contributed by atoms with Gasteiger partial charge in [-0.2, -0.15) is 10.1 Å². The molecule has 84 valence electrons. The average molecular weight is 221 g/mol. The number of Topliss-reactive ketones (excluding diaryl/α,β-unsaturated/α-hetero) is 1. The molecule has 2 aromatic rings. The molecule has 0 aliphatic heterocycles. The molecule has 0 fully saturated rings. The van der Waals surface area contributed by atoms with Crippen LogP contribution in [0.3, 0.4) is 0 Å². The molecule has 0 amide bonds. The third-order valence-electron chi connectivity index (χ3n) is 1.97. The molecule has 0 atom stereocenters. The zero-order valence-corrected chi connectivity index (χ0v) is 8.80. The van der Waals surface area contributed by atoms with Gasteiger partial charge in [0, 0.05) is 6.42 Å². The van der Waals surface area contributed by atoms with E-state index in [1.54, 1.807) is 0 Å². The predicted molar refractivity (Wildman–Crippen MR) is 53.3 cm³/mol. The normalized spacial score (nSPS) is 10.6. The smallest absolute Gasteiger partial charge is 0.239 e. The van der Waals surface area contributed by atoms with Crippen LogP contribution in [-0.2, 0) is 11.2 Å². The number of hydrogen-bond acceptors (Lipinski definition) is 6. The van der Waals surface area contributed by atoms with Gasteiger partial charge < -0.3 is 4.52 Å². The summed E-state index contributed by atoms with van der Waals surface area (Å²) in [4.78, 5) is 19.3. The van der Waals surface area contributed by atoms with Crippen LogP contribution in [0.1, 0.15) is 25.7 Å². The van der Waals surface area contributed by atoms with E-state index in [0.717, 1.165) is 6.42 Å². The molecule has 16 heavy (non-hydrogen) atoms. The van der Waals surface area contributed by atoms with Crippen molar-refractivity contribution >= 4 is 5.78 Å². The first-order valence-electron chi connectivity index (χ1n) is 4.99. The summed E-state index contributed by atoms with van der Waals surface area (Å²) in [6.07, 6.45) is 2.88. The zero-order valence-electron chi connectivity index (χ0n) is 8.80. The molecule has 0 saturated heterocycles. The molecule has 2 aromatic heterocycles. The second-order valence-corrected chi connectivity index (χ2v) is 3.31. The lowest BCUT2D eigenvalue weighted by atomic mass is 10.2. The number of nitrogens with zero attached hydrogens (tertiary/aromatic N) is 4. The first kappa shape index (κ1) is 10.5. The molecule has 1 N–H and O–H groups in total. The van der Waals surface area contributed by atoms with Crippen molar-refractivity contribution < 1.29 is 9.32 Å². The van der Waals surface area contributed by atoms with Crippen LogP contribution in [0.25, 0.3) is 11.6 Å². The highest BCUT2D eigenvalue weighted by Crippen LogP contribution is 2.09. The third kappa shape index (κ3) is 2.30. The van der Waals surface area contributed by atoms with Crippen LogP contribution >= 0.6 is 0 Å². The van der Waals surface area contributed by atoms with Gasteiger partial charge in [0.15, 0.2) is 5.82 Å². The molecule has 0 unspecified atom stereocenters. The minimum absolute atomic E-state index is 0.0928. The van der Waals surface area contributed by atoms with Crippen LogP contribution in [0, 0.1) is 0 Å². The van der Waals surface area contributed by atoms with Gasteiger partial charge >= 0.3 is 0 Å². The van der Waals surface area contributed by atoms with Crippen molar-refractivity contribution in [3.8, 4) is 11.6 Å². The lowest BCUT2D eigenvalue weighted by molar-refractivity contribution is -0.118. The van der Waals surface area contributed by atoms with Crippen LogP contribution in [0.4, 0.5) is 0 Å². The number of H-pyrrole nitrogens is 1. The van der Waals surface area contributed by atoms with E-state index in [1.165, 1.54) is 6.33 Å². The molecule has 0 radical (unpaired) electrons. The minimum Gasteiger partial charge on any atom is -0.338 e. The highest BCUT2D eigenvalue weighted by molar-refractivity contribution is 5.79. The summed E-state index contributed by atoms with van der Waals surface area (Å²) in [5.41, 5.74) is 0. The fraction of sp³-hybridized carbons (Fsp3) is 0.444. The Morgan fingerprint density at radius 1 is 1.56 bits per heavy atom. The molecule has 0 aliphatic rings. The molecule has 0 aliphatic carbocycles. The van der Waals surface area contributed by atoms with Gasteiger partial charge in [0.2, 0.25) is 11.7 Å². The first-order valence-corrected chi connectivity index (χ1v) is 4.99. The lowest BCUT2D eigenvalue weighted by Crippen LogP contribution is -2.01. The molecular weight excluding hydrogens is 210 g/mol. The molecule has 7 heteroatoms. The minimum atomic E-state index is 0.0928. The Morgan fingerprint density at radius 2 is 2.44 bits per heavy atom. The topological polar surface area (TPSA) is 97.6 Å². The Hall–Kier alpha value is -2.05. The monoisotopic (exact) mass is 221 g/mol. The van der Waals surface area contributed by atoms with E-state index >= 15 is 0 Å². The van der Waals surface area contributed by atoms with Gasteiger partial charge in [-0.25, -0.2) is 4.98 Å². The van der Waals surface area contributed by atoms with Gasteiger partial charge in [-0.3, -0.25) is 9.89 Å². The third-order valence-corrected chi connectivity index (χ3v) is 1.97. The predicted octanol–water partition coefficient (Wildman–Crippen LogP) is 0.766. The summed E-state index contributed by atoms with van der Waals surface area (Å²) in [7, 11) is 0. The van der Waals surface area contributed by atoms with Gasteiger partial charge in [0.05, 0.1) is 6.42 Å².